The van der Waals surface area contributed by atoms with Crippen molar-refractivity contribution in [1.82, 2.24) is 5.32 Å². The molecule has 2 aromatic rings. The number of aryl methyl sites for hydroxylation is 1. The first-order valence-electron chi connectivity index (χ1n) is 8.71. The number of amides is 4. The lowest BCUT2D eigenvalue weighted by Crippen LogP contribution is -2.54. The van der Waals surface area contributed by atoms with Gasteiger partial charge in [-0.1, -0.05) is 42.8 Å². The highest BCUT2D eigenvalue weighted by Crippen LogP contribution is 2.25. The molecule has 0 radical (unpaired) electrons. The zero-order valence-electron chi connectivity index (χ0n) is 15.2. The summed E-state index contributed by atoms with van der Waals surface area (Å²) in [5.74, 6) is -0.817. The van der Waals surface area contributed by atoms with Crippen molar-refractivity contribution in [3.63, 3.8) is 0 Å². The van der Waals surface area contributed by atoms with Crippen LogP contribution in [-0.4, -0.2) is 24.5 Å². The average molecular weight is 364 g/mol. The molecule has 0 saturated carbocycles. The Morgan fingerprint density at radius 1 is 1.04 bits per heavy atom. The van der Waals surface area contributed by atoms with E-state index in [2.05, 4.69) is 5.32 Å². The molecule has 1 N–H and O–H groups in total. The summed E-state index contributed by atoms with van der Waals surface area (Å²) in [6.07, 6.45) is 2.29. The van der Waals surface area contributed by atoms with Crippen LogP contribution in [-0.2, 0) is 9.59 Å². The summed E-state index contributed by atoms with van der Waals surface area (Å²) in [6.45, 7) is 4.42. The number of carbonyl (C=O) groups excluding carboxylic acids is 3. The van der Waals surface area contributed by atoms with Crippen molar-refractivity contribution in [2.75, 3.05) is 11.5 Å². The number of nitrogens with zero attached hydrogens (tertiary/aromatic N) is 1. The fourth-order valence-corrected chi connectivity index (χ4v) is 2.68. The van der Waals surface area contributed by atoms with Crippen molar-refractivity contribution < 1.29 is 19.1 Å². The highest BCUT2D eigenvalue weighted by atomic mass is 16.5. The van der Waals surface area contributed by atoms with Gasteiger partial charge in [0.25, 0.3) is 11.8 Å². The second-order valence-corrected chi connectivity index (χ2v) is 6.18. The largest absolute Gasteiger partial charge is 0.493 e. The van der Waals surface area contributed by atoms with Crippen LogP contribution in [0.1, 0.15) is 24.5 Å². The molecule has 27 heavy (non-hydrogen) atoms. The van der Waals surface area contributed by atoms with Gasteiger partial charge in [-0.2, -0.15) is 0 Å². The van der Waals surface area contributed by atoms with E-state index in [4.69, 9.17) is 4.74 Å². The van der Waals surface area contributed by atoms with E-state index in [1.54, 1.807) is 42.5 Å². The number of hydrogen-bond donors (Lipinski definition) is 1. The fourth-order valence-electron chi connectivity index (χ4n) is 2.68. The minimum absolute atomic E-state index is 0.122. The van der Waals surface area contributed by atoms with Crippen LogP contribution < -0.4 is 15.0 Å². The van der Waals surface area contributed by atoms with Crippen molar-refractivity contribution >= 4 is 29.6 Å². The molecular formula is C21H20N2O4. The third-order valence-corrected chi connectivity index (χ3v) is 4.07. The molecular weight excluding hydrogens is 344 g/mol. The zero-order valence-corrected chi connectivity index (χ0v) is 15.2. The summed E-state index contributed by atoms with van der Waals surface area (Å²) in [5, 5.41) is 2.22. The smallest absolute Gasteiger partial charge is 0.335 e. The van der Waals surface area contributed by atoms with Crippen molar-refractivity contribution in [2.45, 2.75) is 20.3 Å². The van der Waals surface area contributed by atoms with E-state index in [1.807, 2.05) is 19.9 Å². The van der Waals surface area contributed by atoms with E-state index in [9.17, 15) is 14.4 Å². The van der Waals surface area contributed by atoms with E-state index >= 15 is 0 Å². The van der Waals surface area contributed by atoms with Crippen LogP contribution in [0.2, 0.25) is 0 Å². The molecule has 138 valence electrons. The molecule has 4 amide bonds. The third kappa shape index (κ3) is 3.89. The second kappa shape index (κ2) is 7.86. The first kappa shape index (κ1) is 18.4. The molecule has 3 rings (SSSR count). The molecule has 1 saturated heterocycles. The van der Waals surface area contributed by atoms with Crippen LogP contribution >= 0.6 is 0 Å². The second-order valence-electron chi connectivity index (χ2n) is 6.18. The van der Waals surface area contributed by atoms with Gasteiger partial charge >= 0.3 is 6.03 Å². The van der Waals surface area contributed by atoms with Gasteiger partial charge in [0.15, 0.2) is 0 Å². The van der Waals surface area contributed by atoms with Crippen LogP contribution in [0.3, 0.4) is 0 Å². The molecule has 6 nitrogen and oxygen atoms in total. The van der Waals surface area contributed by atoms with Gasteiger partial charge in [-0.25, -0.2) is 9.69 Å². The van der Waals surface area contributed by atoms with Crippen LogP contribution in [0.5, 0.6) is 5.75 Å². The molecule has 6 heteroatoms. The van der Waals surface area contributed by atoms with E-state index in [-0.39, 0.29) is 5.57 Å². The number of anilines is 1. The van der Waals surface area contributed by atoms with Gasteiger partial charge in [-0.05, 0) is 37.6 Å². The van der Waals surface area contributed by atoms with E-state index in [0.29, 0.717) is 23.6 Å². The van der Waals surface area contributed by atoms with Crippen molar-refractivity contribution in [3.05, 3.63) is 65.2 Å². The maximum Gasteiger partial charge on any atom is 0.335 e. The number of para-hydroxylation sites is 1. The summed E-state index contributed by atoms with van der Waals surface area (Å²) in [4.78, 5) is 38.4. The Morgan fingerprint density at radius 2 is 1.74 bits per heavy atom. The Bertz CT molecular complexity index is 916. The summed E-state index contributed by atoms with van der Waals surface area (Å²) >= 11 is 0. The molecule has 1 aliphatic rings. The predicted molar refractivity (Wildman–Crippen MR) is 102 cm³/mol. The van der Waals surface area contributed by atoms with Gasteiger partial charge in [-0.3, -0.25) is 14.9 Å². The highest BCUT2D eigenvalue weighted by molar-refractivity contribution is 6.39. The molecule has 1 fully saturated rings. The number of hydrogen-bond acceptors (Lipinski definition) is 4. The number of carbonyl (C=O) groups is 3. The molecule has 0 aliphatic carbocycles. The lowest BCUT2D eigenvalue weighted by molar-refractivity contribution is -0.122. The lowest BCUT2D eigenvalue weighted by Gasteiger charge is -2.26. The summed E-state index contributed by atoms with van der Waals surface area (Å²) in [5.41, 5.74) is 1.87. The minimum Gasteiger partial charge on any atom is -0.493 e. The quantitative estimate of drug-likeness (QED) is 0.651. The van der Waals surface area contributed by atoms with Crippen LogP contribution in [0.15, 0.2) is 54.1 Å². The molecule has 2 aromatic carbocycles. The monoisotopic (exact) mass is 364 g/mol. The third-order valence-electron chi connectivity index (χ3n) is 4.07. The molecule has 0 unspecified atom stereocenters. The van der Waals surface area contributed by atoms with Gasteiger partial charge in [-0.15, -0.1) is 0 Å². The van der Waals surface area contributed by atoms with Gasteiger partial charge in [0.2, 0.25) is 0 Å². The molecule has 0 spiro atoms. The Hall–Kier alpha value is -3.41. The van der Waals surface area contributed by atoms with Crippen molar-refractivity contribution in [2.24, 2.45) is 0 Å². The van der Waals surface area contributed by atoms with Crippen LogP contribution in [0.4, 0.5) is 10.5 Å². The normalized spacial score (nSPS) is 15.9. The average Bonchev–Trinajstić information content (AvgIpc) is 2.65. The van der Waals surface area contributed by atoms with Gasteiger partial charge in [0.1, 0.15) is 11.3 Å². The number of nitrogens with one attached hydrogen (secondary N) is 1. The Morgan fingerprint density at radius 3 is 2.44 bits per heavy atom. The maximum absolute atomic E-state index is 12.9. The summed E-state index contributed by atoms with van der Waals surface area (Å²) in [6, 6.07) is 13.3. The van der Waals surface area contributed by atoms with E-state index in [0.717, 1.165) is 16.9 Å². The SMILES string of the molecule is CCCOc1ccccc1/C=C1\C(=O)NC(=O)N(c2ccc(C)cc2)C1=O. The topological polar surface area (TPSA) is 75.7 Å². The van der Waals surface area contributed by atoms with E-state index < -0.39 is 17.8 Å². The van der Waals surface area contributed by atoms with E-state index in [1.165, 1.54) is 6.08 Å². The standard InChI is InChI=1S/C21H20N2O4/c1-3-12-27-18-7-5-4-6-15(18)13-17-19(24)22-21(26)23(20(17)25)16-10-8-14(2)9-11-16/h4-11,13H,3,12H2,1-2H3,(H,22,24,26)/b17-13+. The molecule has 0 bridgehead atoms. The predicted octanol–water partition coefficient (Wildman–Crippen LogP) is 3.45. The van der Waals surface area contributed by atoms with Gasteiger partial charge in [0.05, 0.1) is 12.3 Å². The molecule has 1 aliphatic heterocycles. The summed E-state index contributed by atoms with van der Waals surface area (Å²) < 4.78 is 5.68. The summed E-state index contributed by atoms with van der Waals surface area (Å²) in [7, 11) is 0. The Labute approximate surface area is 157 Å². The number of urea groups is 1. The Kier molecular flexibility index (Phi) is 5.35. The molecule has 0 aromatic heterocycles. The number of rotatable bonds is 5. The first-order valence-corrected chi connectivity index (χ1v) is 8.71. The first-order chi connectivity index (χ1) is 13.0. The number of barbiturate groups is 1. The Balaban J connectivity index is 1.99. The lowest BCUT2D eigenvalue weighted by atomic mass is 10.1. The number of imide groups is 2. The fraction of sp³-hybridized carbons (Fsp3) is 0.190. The van der Waals surface area contributed by atoms with Crippen molar-refractivity contribution in [3.8, 4) is 5.75 Å². The number of ether oxygens (including phenoxy) is 1. The van der Waals surface area contributed by atoms with Crippen LogP contribution in [0.25, 0.3) is 6.08 Å². The number of benzene rings is 2. The zero-order chi connectivity index (χ0) is 19.4. The minimum atomic E-state index is -0.762. The highest BCUT2D eigenvalue weighted by Gasteiger charge is 2.36. The molecule has 1 heterocycles. The molecule has 0 atom stereocenters. The van der Waals surface area contributed by atoms with Crippen LogP contribution in [0, 0.1) is 6.92 Å². The maximum atomic E-state index is 12.9. The van der Waals surface area contributed by atoms with Gasteiger partial charge in [0, 0.05) is 5.56 Å². The van der Waals surface area contributed by atoms with Crippen molar-refractivity contribution in [1.29, 1.82) is 0 Å². The van der Waals surface area contributed by atoms with Gasteiger partial charge < -0.3 is 4.74 Å².